The van der Waals surface area contributed by atoms with Gasteiger partial charge in [0.2, 0.25) is 0 Å². The molecule has 3 aromatic rings. The van der Waals surface area contributed by atoms with E-state index in [1.165, 1.54) is 16.5 Å². The number of pyridine rings is 1. The number of nitrogens with one attached hydrogen (secondary N) is 1. The van der Waals surface area contributed by atoms with Crippen molar-refractivity contribution in [1.29, 1.82) is 0 Å². The van der Waals surface area contributed by atoms with Gasteiger partial charge >= 0.3 is 0 Å². The Kier molecular flexibility index (Phi) is 4.31. The Morgan fingerprint density at radius 2 is 2.08 bits per heavy atom. The maximum atomic E-state index is 6.30. The van der Waals surface area contributed by atoms with Crippen LogP contribution in [0.2, 0.25) is 10.0 Å². The van der Waals surface area contributed by atoms with E-state index >= 15 is 0 Å². The Morgan fingerprint density at radius 3 is 2.92 bits per heavy atom. The number of hydrogen-bond acceptors (Lipinski definition) is 2. The van der Waals surface area contributed by atoms with Crippen molar-refractivity contribution in [1.82, 2.24) is 14.9 Å². The molecule has 0 fully saturated rings. The molecule has 3 heterocycles. The van der Waals surface area contributed by atoms with Gasteiger partial charge in [0, 0.05) is 43.0 Å². The van der Waals surface area contributed by atoms with Gasteiger partial charge in [-0.1, -0.05) is 41.4 Å². The number of fused-ring (bicyclic) bond motifs is 1. The summed E-state index contributed by atoms with van der Waals surface area (Å²) in [5, 5.41) is 2.47. The first-order valence-electron chi connectivity index (χ1n) is 7.99. The van der Waals surface area contributed by atoms with Gasteiger partial charge in [-0.05, 0) is 35.8 Å². The summed E-state index contributed by atoms with van der Waals surface area (Å²) in [6.07, 6.45) is 7.19. The van der Waals surface area contributed by atoms with E-state index in [9.17, 15) is 0 Å². The highest BCUT2D eigenvalue weighted by Crippen LogP contribution is 2.30. The van der Waals surface area contributed by atoms with Crippen LogP contribution in [0.4, 0.5) is 0 Å². The minimum absolute atomic E-state index is 0.619. The average molecular weight is 358 g/mol. The van der Waals surface area contributed by atoms with E-state index < -0.39 is 0 Å². The Bertz CT molecular complexity index is 914. The first-order valence-corrected chi connectivity index (χ1v) is 8.75. The topological polar surface area (TPSA) is 31.9 Å². The molecule has 0 amide bonds. The maximum Gasteiger partial charge on any atom is 0.137 e. The van der Waals surface area contributed by atoms with E-state index in [2.05, 4.69) is 33.2 Å². The number of nitrogens with zero attached hydrogens (tertiary/aromatic N) is 2. The molecule has 0 radical (unpaired) electrons. The van der Waals surface area contributed by atoms with Crippen molar-refractivity contribution in [2.24, 2.45) is 0 Å². The fourth-order valence-electron chi connectivity index (χ4n) is 3.23. The average Bonchev–Trinajstić information content (AvgIpc) is 3.04. The highest BCUT2D eigenvalue weighted by atomic mass is 35.5. The van der Waals surface area contributed by atoms with E-state index in [-0.39, 0.29) is 0 Å². The molecule has 0 aliphatic carbocycles. The third kappa shape index (κ3) is 2.95. The number of hydrogen-bond donors (Lipinski definition) is 1. The van der Waals surface area contributed by atoms with Gasteiger partial charge in [-0.3, -0.25) is 4.90 Å². The predicted octanol–water partition coefficient (Wildman–Crippen LogP) is 5.16. The Morgan fingerprint density at radius 1 is 1.17 bits per heavy atom. The molecule has 1 aliphatic rings. The molecule has 0 bridgehead atoms. The monoisotopic (exact) mass is 357 g/mol. The van der Waals surface area contributed by atoms with Crippen LogP contribution in [0.1, 0.15) is 17.5 Å². The van der Waals surface area contributed by atoms with Crippen molar-refractivity contribution >= 4 is 39.8 Å². The summed E-state index contributed by atoms with van der Waals surface area (Å²) in [7, 11) is 0. The molecule has 122 valence electrons. The normalized spacial score (nSPS) is 15.7. The van der Waals surface area contributed by atoms with Crippen LogP contribution >= 0.6 is 23.2 Å². The van der Waals surface area contributed by atoms with Crippen molar-refractivity contribution in [3.8, 4) is 0 Å². The second kappa shape index (κ2) is 6.60. The van der Waals surface area contributed by atoms with Crippen LogP contribution in [0.25, 0.3) is 16.6 Å². The van der Waals surface area contributed by atoms with Gasteiger partial charge < -0.3 is 4.98 Å². The Hall–Kier alpha value is -1.81. The lowest BCUT2D eigenvalue weighted by atomic mass is 9.99. The summed E-state index contributed by atoms with van der Waals surface area (Å²) in [6.45, 7) is 2.73. The van der Waals surface area contributed by atoms with Gasteiger partial charge in [0.25, 0.3) is 0 Å². The van der Waals surface area contributed by atoms with Gasteiger partial charge in [-0.25, -0.2) is 4.98 Å². The van der Waals surface area contributed by atoms with Crippen molar-refractivity contribution in [3.63, 3.8) is 0 Å². The van der Waals surface area contributed by atoms with E-state index in [0.717, 1.165) is 37.3 Å². The molecule has 0 unspecified atom stereocenters. The quantitative estimate of drug-likeness (QED) is 0.701. The van der Waals surface area contributed by atoms with Gasteiger partial charge in [0.1, 0.15) is 5.65 Å². The molecule has 5 heteroatoms. The molecule has 3 nitrogen and oxygen atoms in total. The van der Waals surface area contributed by atoms with Crippen LogP contribution in [0.5, 0.6) is 0 Å². The lowest BCUT2D eigenvalue weighted by Crippen LogP contribution is -2.28. The molecule has 1 aliphatic heterocycles. The molecule has 4 rings (SSSR count). The number of aromatic amines is 1. The molecule has 1 aromatic carbocycles. The number of halogens is 2. The first kappa shape index (κ1) is 15.7. The molecule has 0 atom stereocenters. The summed E-state index contributed by atoms with van der Waals surface area (Å²) in [5.41, 5.74) is 4.67. The van der Waals surface area contributed by atoms with E-state index in [0.29, 0.717) is 10.0 Å². The smallest absolute Gasteiger partial charge is 0.137 e. The number of H-pyrrole nitrogens is 1. The van der Waals surface area contributed by atoms with Crippen molar-refractivity contribution < 1.29 is 0 Å². The zero-order chi connectivity index (χ0) is 16.5. The van der Waals surface area contributed by atoms with Crippen LogP contribution in [-0.4, -0.2) is 28.0 Å². The fraction of sp³-hybridized carbons (Fsp3) is 0.211. The van der Waals surface area contributed by atoms with Crippen molar-refractivity contribution in [2.75, 3.05) is 13.1 Å². The minimum Gasteiger partial charge on any atom is -0.346 e. The van der Waals surface area contributed by atoms with Gasteiger partial charge in [0.05, 0.1) is 10.0 Å². The highest BCUT2D eigenvalue weighted by molar-refractivity contribution is 6.42. The van der Waals surface area contributed by atoms with Gasteiger partial charge in [-0.2, -0.15) is 0 Å². The lowest BCUT2D eigenvalue weighted by molar-refractivity contribution is 0.294. The molecule has 2 aromatic heterocycles. The van der Waals surface area contributed by atoms with E-state index in [1.54, 1.807) is 0 Å². The summed E-state index contributed by atoms with van der Waals surface area (Å²) in [5.74, 6) is 0. The second-order valence-electron chi connectivity index (χ2n) is 6.03. The molecular formula is C19H17Cl2N3. The van der Waals surface area contributed by atoms with Crippen molar-refractivity contribution in [3.05, 3.63) is 70.0 Å². The minimum atomic E-state index is 0.619. The molecule has 24 heavy (non-hydrogen) atoms. The molecule has 0 saturated carbocycles. The maximum absolute atomic E-state index is 6.30. The van der Waals surface area contributed by atoms with Gasteiger partial charge in [-0.15, -0.1) is 0 Å². The van der Waals surface area contributed by atoms with Crippen molar-refractivity contribution in [2.45, 2.75) is 13.0 Å². The zero-order valence-corrected chi connectivity index (χ0v) is 14.6. The van der Waals surface area contributed by atoms with Crippen LogP contribution < -0.4 is 0 Å². The lowest BCUT2D eigenvalue weighted by Gasteiger charge is -2.26. The number of benzene rings is 1. The van der Waals surface area contributed by atoms with E-state index in [1.807, 2.05) is 30.5 Å². The predicted molar refractivity (Wildman–Crippen MR) is 100 cm³/mol. The first-order chi connectivity index (χ1) is 11.7. The molecule has 0 spiro atoms. The Labute approximate surface area is 150 Å². The zero-order valence-electron chi connectivity index (χ0n) is 13.1. The summed E-state index contributed by atoms with van der Waals surface area (Å²) < 4.78 is 0. The summed E-state index contributed by atoms with van der Waals surface area (Å²) in [4.78, 5) is 10.0. The second-order valence-corrected chi connectivity index (χ2v) is 6.81. The number of rotatable bonds is 3. The largest absolute Gasteiger partial charge is 0.346 e. The standard InChI is InChI=1S/C19H17Cl2N3/c20-17-5-1-3-14(18(17)21)12-24-9-6-13(7-10-24)16-11-23-19-15(16)4-2-8-22-19/h1-6,8,11H,7,9-10,12H2,(H,22,23). The van der Waals surface area contributed by atoms with Crippen LogP contribution in [-0.2, 0) is 6.54 Å². The van der Waals surface area contributed by atoms with Crippen LogP contribution in [0, 0.1) is 0 Å². The Balaban J connectivity index is 1.52. The summed E-state index contributed by atoms with van der Waals surface area (Å²) >= 11 is 12.4. The molecule has 1 N–H and O–H groups in total. The third-order valence-electron chi connectivity index (χ3n) is 4.52. The fourth-order valence-corrected chi connectivity index (χ4v) is 3.61. The van der Waals surface area contributed by atoms with E-state index in [4.69, 9.17) is 23.2 Å². The SMILES string of the molecule is Clc1cccc(CN2CC=C(c3c[nH]c4ncccc34)CC2)c1Cl. The summed E-state index contributed by atoms with van der Waals surface area (Å²) in [6, 6.07) is 9.92. The van der Waals surface area contributed by atoms with Crippen LogP contribution in [0.15, 0.2) is 48.8 Å². The van der Waals surface area contributed by atoms with Gasteiger partial charge in [0.15, 0.2) is 0 Å². The number of aromatic nitrogens is 2. The highest BCUT2D eigenvalue weighted by Gasteiger charge is 2.17. The molecule has 0 saturated heterocycles. The molecular weight excluding hydrogens is 341 g/mol. The third-order valence-corrected chi connectivity index (χ3v) is 5.37. The van der Waals surface area contributed by atoms with Crippen LogP contribution in [0.3, 0.4) is 0 Å².